The maximum absolute atomic E-state index is 6.30. The van der Waals surface area contributed by atoms with E-state index in [-0.39, 0.29) is 0 Å². The zero-order valence-electron chi connectivity index (χ0n) is 15.8. The fraction of sp³-hybridized carbons (Fsp3) is 0.636. The molecule has 0 radical (unpaired) electrons. The van der Waals surface area contributed by atoms with Gasteiger partial charge in [0, 0.05) is 35.2 Å². The highest BCUT2D eigenvalue weighted by Crippen LogP contribution is 2.27. The van der Waals surface area contributed by atoms with E-state index in [2.05, 4.69) is 34.7 Å². The van der Waals surface area contributed by atoms with Crippen LogP contribution in [0, 0.1) is 0 Å². The quantitative estimate of drug-likeness (QED) is 0.455. The molecule has 0 amide bonds. The summed E-state index contributed by atoms with van der Waals surface area (Å²) in [5.74, 6) is 0. The van der Waals surface area contributed by atoms with Gasteiger partial charge in [0.15, 0.2) is 0 Å². The minimum absolute atomic E-state index is 0.852. The first-order valence-corrected chi connectivity index (χ1v) is 10.7. The van der Waals surface area contributed by atoms with Gasteiger partial charge < -0.3 is 4.57 Å². The Morgan fingerprint density at radius 1 is 0.960 bits per heavy atom. The number of unbranched alkanes of at least 4 members (excludes halogenated alkanes) is 5. The standard InChI is InChI=1S/C22H33ClN2/c1-2-3-4-5-6-10-15-25-18-19(17-24-13-8-7-9-14-24)21-16-20(23)11-12-22(21)25/h11-12,16,18H,2-10,13-15,17H2,1H3. The molecule has 1 aromatic carbocycles. The maximum atomic E-state index is 6.30. The van der Waals surface area contributed by atoms with Gasteiger partial charge in [0.25, 0.3) is 0 Å². The van der Waals surface area contributed by atoms with Crippen molar-refractivity contribution in [2.24, 2.45) is 0 Å². The summed E-state index contributed by atoms with van der Waals surface area (Å²) in [6.45, 7) is 6.96. The molecular formula is C22H33ClN2. The number of aromatic nitrogens is 1. The van der Waals surface area contributed by atoms with Gasteiger partial charge in [0.05, 0.1) is 0 Å². The highest BCUT2D eigenvalue weighted by atomic mass is 35.5. The van der Waals surface area contributed by atoms with Crippen molar-refractivity contribution in [2.75, 3.05) is 13.1 Å². The first-order valence-electron chi connectivity index (χ1n) is 10.3. The van der Waals surface area contributed by atoms with Crippen LogP contribution in [0.15, 0.2) is 24.4 Å². The molecule has 0 atom stereocenters. The Morgan fingerprint density at radius 2 is 1.72 bits per heavy atom. The van der Waals surface area contributed by atoms with E-state index < -0.39 is 0 Å². The normalized spacial score (nSPS) is 15.9. The summed E-state index contributed by atoms with van der Waals surface area (Å²) in [6, 6.07) is 6.40. The van der Waals surface area contributed by atoms with E-state index in [0.29, 0.717) is 0 Å². The van der Waals surface area contributed by atoms with Gasteiger partial charge in [-0.05, 0) is 56.1 Å². The van der Waals surface area contributed by atoms with Gasteiger partial charge in [-0.15, -0.1) is 0 Å². The third-order valence-corrected chi connectivity index (χ3v) is 5.76. The Bertz CT molecular complexity index is 655. The maximum Gasteiger partial charge on any atom is 0.0484 e. The topological polar surface area (TPSA) is 8.17 Å². The van der Waals surface area contributed by atoms with Gasteiger partial charge in [-0.3, -0.25) is 4.90 Å². The first-order chi connectivity index (χ1) is 12.3. The number of rotatable bonds is 9. The molecule has 0 bridgehead atoms. The minimum atomic E-state index is 0.852. The van der Waals surface area contributed by atoms with Crippen LogP contribution in [0.25, 0.3) is 10.9 Å². The Kier molecular flexibility index (Phi) is 7.24. The zero-order chi connectivity index (χ0) is 17.5. The van der Waals surface area contributed by atoms with Crippen LogP contribution in [-0.4, -0.2) is 22.6 Å². The summed E-state index contributed by atoms with van der Waals surface area (Å²) < 4.78 is 2.46. The Hall–Kier alpha value is -0.990. The molecule has 1 aliphatic heterocycles. The lowest BCUT2D eigenvalue weighted by Gasteiger charge is -2.26. The Labute approximate surface area is 158 Å². The van der Waals surface area contributed by atoms with E-state index in [1.807, 2.05) is 6.07 Å². The molecule has 1 saturated heterocycles. The van der Waals surface area contributed by atoms with Crippen LogP contribution in [-0.2, 0) is 13.1 Å². The summed E-state index contributed by atoms with van der Waals surface area (Å²) in [5.41, 5.74) is 2.80. The number of hydrogen-bond acceptors (Lipinski definition) is 1. The first kappa shape index (κ1) is 18.8. The minimum Gasteiger partial charge on any atom is -0.347 e. The van der Waals surface area contributed by atoms with Crippen molar-refractivity contribution in [3.05, 3.63) is 35.0 Å². The van der Waals surface area contributed by atoms with Crippen LogP contribution in [0.4, 0.5) is 0 Å². The molecule has 1 aromatic heterocycles. The Balaban J connectivity index is 1.67. The third-order valence-electron chi connectivity index (χ3n) is 5.52. The van der Waals surface area contributed by atoms with Gasteiger partial charge in [-0.25, -0.2) is 0 Å². The van der Waals surface area contributed by atoms with Crippen LogP contribution >= 0.6 is 11.6 Å². The van der Waals surface area contributed by atoms with E-state index in [4.69, 9.17) is 11.6 Å². The van der Waals surface area contributed by atoms with Crippen molar-refractivity contribution in [3.8, 4) is 0 Å². The van der Waals surface area contributed by atoms with E-state index in [1.54, 1.807) is 0 Å². The molecule has 0 saturated carbocycles. The van der Waals surface area contributed by atoms with Gasteiger partial charge in [-0.1, -0.05) is 57.0 Å². The highest BCUT2D eigenvalue weighted by molar-refractivity contribution is 6.31. The fourth-order valence-corrected chi connectivity index (χ4v) is 4.25. The summed E-state index contributed by atoms with van der Waals surface area (Å²) >= 11 is 6.30. The average molecular weight is 361 g/mol. The predicted octanol–water partition coefficient (Wildman–Crippen LogP) is 6.64. The van der Waals surface area contributed by atoms with Crippen LogP contribution in [0.1, 0.15) is 70.3 Å². The molecule has 2 aromatic rings. The monoisotopic (exact) mass is 360 g/mol. The number of aryl methyl sites for hydroxylation is 1. The average Bonchev–Trinajstić information content (AvgIpc) is 2.96. The number of fused-ring (bicyclic) bond motifs is 1. The van der Waals surface area contributed by atoms with Gasteiger partial charge >= 0.3 is 0 Å². The van der Waals surface area contributed by atoms with Crippen molar-refractivity contribution in [1.82, 2.24) is 9.47 Å². The third kappa shape index (κ3) is 5.24. The van der Waals surface area contributed by atoms with Crippen molar-refractivity contribution in [3.63, 3.8) is 0 Å². The number of likely N-dealkylation sites (tertiary alicyclic amines) is 1. The second-order valence-electron chi connectivity index (χ2n) is 7.61. The lowest BCUT2D eigenvalue weighted by atomic mass is 10.1. The van der Waals surface area contributed by atoms with Crippen LogP contribution < -0.4 is 0 Å². The number of piperidine rings is 1. The number of benzene rings is 1. The summed E-state index contributed by atoms with van der Waals surface area (Å²) in [6.07, 6.45) is 14.6. The molecule has 0 unspecified atom stereocenters. The number of halogens is 1. The lowest BCUT2D eigenvalue weighted by Crippen LogP contribution is -2.28. The number of nitrogens with zero attached hydrogens (tertiary/aromatic N) is 2. The summed E-state index contributed by atoms with van der Waals surface area (Å²) in [5, 5.41) is 2.20. The van der Waals surface area contributed by atoms with Crippen molar-refractivity contribution >= 4 is 22.5 Å². The van der Waals surface area contributed by atoms with Crippen LogP contribution in [0.2, 0.25) is 5.02 Å². The molecule has 3 heteroatoms. The fourth-order valence-electron chi connectivity index (χ4n) is 4.08. The predicted molar refractivity (Wildman–Crippen MR) is 109 cm³/mol. The lowest BCUT2D eigenvalue weighted by molar-refractivity contribution is 0.221. The SMILES string of the molecule is CCCCCCCCn1cc(CN2CCCCC2)c2cc(Cl)ccc21. The van der Waals surface area contributed by atoms with Gasteiger partial charge in [-0.2, -0.15) is 0 Å². The van der Waals surface area contributed by atoms with E-state index in [1.165, 1.54) is 87.3 Å². The van der Waals surface area contributed by atoms with E-state index in [0.717, 1.165) is 18.1 Å². The highest BCUT2D eigenvalue weighted by Gasteiger charge is 2.15. The van der Waals surface area contributed by atoms with Crippen LogP contribution in [0.3, 0.4) is 0 Å². The second kappa shape index (κ2) is 9.64. The second-order valence-corrected chi connectivity index (χ2v) is 8.05. The molecule has 0 N–H and O–H groups in total. The van der Waals surface area contributed by atoms with Crippen molar-refractivity contribution in [2.45, 2.75) is 77.8 Å². The molecule has 2 heterocycles. The molecular weight excluding hydrogens is 328 g/mol. The molecule has 0 spiro atoms. The molecule has 2 nitrogen and oxygen atoms in total. The number of hydrogen-bond donors (Lipinski definition) is 0. The van der Waals surface area contributed by atoms with Crippen molar-refractivity contribution in [1.29, 1.82) is 0 Å². The summed E-state index contributed by atoms with van der Waals surface area (Å²) in [7, 11) is 0. The molecule has 138 valence electrons. The van der Waals surface area contributed by atoms with Crippen LogP contribution in [0.5, 0.6) is 0 Å². The van der Waals surface area contributed by atoms with Gasteiger partial charge in [0.1, 0.15) is 0 Å². The molecule has 1 aliphatic rings. The molecule has 25 heavy (non-hydrogen) atoms. The molecule has 3 rings (SSSR count). The largest absolute Gasteiger partial charge is 0.347 e. The smallest absolute Gasteiger partial charge is 0.0484 e. The van der Waals surface area contributed by atoms with E-state index in [9.17, 15) is 0 Å². The molecule has 1 fully saturated rings. The van der Waals surface area contributed by atoms with E-state index >= 15 is 0 Å². The molecule has 0 aliphatic carbocycles. The van der Waals surface area contributed by atoms with Gasteiger partial charge in [0.2, 0.25) is 0 Å². The Morgan fingerprint density at radius 3 is 2.52 bits per heavy atom. The zero-order valence-corrected chi connectivity index (χ0v) is 16.5. The summed E-state index contributed by atoms with van der Waals surface area (Å²) in [4.78, 5) is 2.61. The van der Waals surface area contributed by atoms with Crippen molar-refractivity contribution < 1.29 is 0 Å².